The predicted octanol–water partition coefficient (Wildman–Crippen LogP) is 0.792. The first-order valence-corrected chi connectivity index (χ1v) is 14.1. The van der Waals surface area contributed by atoms with Gasteiger partial charge in [-0.15, -0.1) is 0 Å². The lowest BCUT2D eigenvalue weighted by molar-refractivity contribution is -0.247. The molecule has 2 aliphatic carbocycles. The molecule has 232 valence electrons. The zero-order chi connectivity index (χ0) is 31.7. The number of nitrogens with two attached hydrogens (primary N) is 1. The number of carbonyl (C=O) groups is 3. The van der Waals surface area contributed by atoms with Crippen molar-refractivity contribution in [3.63, 3.8) is 0 Å². The van der Waals surface area contributed by atoms with Crippen LogP contribution < -0.4 is 10.5 Å². The lowest BCUT2D eigenvalue weighted by Gasteiger charge is -2.42. The number of aromatic hydroxyl groups is 2. The van der Waals surface area contributed by atoms with Crippen molar-refractivity contribution in [3.8, 4) is 22.9 Å². The Balaban J connectivity index is 1.53. The van der Waals surface area contributed by atoms with E-state index < -0.39 is 95.7 Å². The quantitative estimate of drug-likeness (QED) is 0.168. The van der Waals surface area contributed by atoms with E-state index in [2.05, 4.69) is 0 Å². The number of phenolic OH excluding ortho intramolecular Hbond substituents is 2. The number of benzene rings is 2. The summed E-state index contributed by atoms with van der Waals surface area (Å²) in [4.78, 5) is 40.8. The number of ketones is 3. The van der Waals surface area contributed by atoms with Crippen molar-refractivity contribution in [2.45, 2.75) is 62.4 Å². The second-order valence-electron chi connectivity index (χ2n) is 11.4. The Hall–Kier alpha value is -4.11. The second-order valence-corrected chi connectivity index (χ2v) is 11.4. The molecule has 0 unspecified atom stereocenters. The number of methoxy groups -OCH3 is 1. The van der Waals surface area contributed by atoms with Gasteiger partial charge in [0.05, 0.1) is 47.8 Å². The van der Waals surface area contributed by atoms with Gasteiger partial charge in [0.15, 0.2) is 23.6 Å². The molecule has 13 heteroatoms. The van der Waals surface area contributed by atoms with Gasteiger partial charge in [0.1, 0.15) is 23.7 Å². The van der Waals surface area contributed by atoms with Crippen molar-refractivity contribution >= 4 is 17.3 Å². The van der Waals surface area contributed by atoms with Gasteiger partial charge in [-0.25, -0.2) is 0 Å². The van der Waals surface area contributed by atoms with E-state index >= 15 is 0 Å². The third-order valence-electron chi connectivity index (χ3n) is 8.78. The Morgan fingerprint density at radius 1 is 1.11 bits per heavy atom. The van der Waals surface area contributed by atoms with Crippen LogP contribution in [0.5, 0.6) is 17.2 Å². The highest BCUT2D eigenvalue weighted by atomic mass is 16.7. The first-order valence-electron chi connectivity index (χ1n) is 14.1. The van der Waals surface area contributed by atoms with Crippen molar-refractivity contribution in [1.29, 1.82) is 0 Å². The summed E-state index contributed by atoms with van der Waals surface area (Å²) in [5.74, 6) is -3.88. The van der Waals surface area contributed by atoms with E-state index in [1.807, 2.05) is 0 Å². The summed E-state index contributed by atoms with van der Waals surface area (Å²) in [6.45, 7) is 0.551. The maximum atomic E-state index is 14.2. The third kappa shape index (κ3) is 4.43. The lowest BCUT2D eigenvalue weighted by atomic mass is 9.71. The number of nitrogens with zero attached hydrogens (tertiary/aromatic N) is 1. The molecule has 3 aliphatic rings. The SMILES string of the molecule is COc1c(-n2cccc2)ccc2c1C(=O)c1c(O)c3c(c(O)c1C2=O)C[C@@](O)(C(=O)CO)C[C@@H]3O[C@H]1C[C@H](N)[C@H](O)[C@H](C)O1. The fourth-order valence-electron chi connectivity index (χ4n) is 6.52. The summed E-state index contributed by atoms with van der Waals surface area (Å²) in [5, 5.41) is 54.4. The van der Waals surface area contributed by atoms with Crippen molar-refractivity contribution in [2.24, 2.45) is 5.73 Å². The summed E-state index contributed by atoms with van der Waals surface area (Å²) >= 11 is 0. The highest BCUT2D eigenvalue weighted by Crippen LogP contribution is 2.53. The summed E-state index contributed by atoms with van der Waals surface area (Å²) in [5.41, 5.74) is 2.74. The topological polar surface area (TPSA) is 211 Å². The van der Waals surface area contributed by atoms with Gasteiger partial charge in [0.25, 0.3) is 0 Å². The smallest absolute Gasteiger partial charge is 0.202 e. The molecule has 6 atom stereocenters. The van der Waals surface area contributed by atoms with Gasteiger partial charge in [-0.2, -0.15) is 0 Å². The number of phenols is 2. The molecule has 2 aromatic carbocycles. The minimum atomic E-state index is -2.26. The lowest BCUT2D eigenvalue weighted by Crippen LogP contribution is -2.53. The molecule has 0 saturated carbocycles. The molecule has 6 rings (SSSR count). The molecule has 7 N–H and O–H groups in total. The van der Waals surface area contributed by atoms with E-state index in [-0.39, 0.29) is 34.4 Å². The van der Waals surface area contributed by atoms with E-state index in [4.69, 9.17) is 19.9 Å². The summed E-state index contributed by atoms with van der Waals surface area (Å²) < 4.78 is 19.1. The van der Waals surface area contributed by atoms with E-state index in [0.29, 0.717) is 5.69 Å². The van der Waals surface area contributed by atoms with Gasteiger partial charge in [0, 0.05) is 54.4 Å². The molecule has 1 aromatic heterocycles. The molecular formula is C31H32N2O11. The van der Waals surface area contributed by atoms with Crippen LogP contribution in [0.25, 0.3) is 5.69 Å². The summed E-state index contributed by atoms with van der Waals surface area (Å²) in [6, 6.07) is 5.80. The number of hydrogen-bond acceptors (Lipinski definition) is 12. The molecule has 0 spiro atoms. The number of aromatic nitrogens is 1. The Labute approximate surface area is 251 Å². The second kappa shape index (κ2) is 10.8. The summed E-state index contributed by atoms with van der Waals surface area (Å²) in [7, 11) is 1.34. The molecule has 2 heterocycles. The number of Topliss-reactive ketones (excluding diaryl/α,β-unsaturated/α-hetero) is 1. The van der Waals surface area contributed by atoms with E-state index in [0.717, 1.165) is 0 Å². The molecule has 1 aliphatic heterocycles. The van der Waals surface area contributed by atoms with Crippen LogP contribution in [-0.4, -0.2) is 91.3 Å². The Bertz CT molecular complexity index is 1670. The maximum absolute atomic E-state index is 14.2. The molecule has 1 saturated heterocycles. The Morgan fingerprint density at radius 2 is 1.80 bits per heavy atom. The largest absolute Gasteiger partial charge is 0.507 e. The fourth-order valence-corrected chi connectivity index (χ4v) is 6.52. The maximum Gasteiger partial charge on any atom is 0.202 e. The molecule has 1 fully saturated rings. The Morgan fingerprint density at radius 3 is 2.43 bits per heavy atom. The molecule has 0 bridgehead atoms. The van der Waals surface area contributed by atoms with Gasteiger partial charge in [-0.1, -0.05) is 0 Å². The van der Waals surface area contributed by atoms with Crippen LogP contribution in [0.4, 0.5) is 0 Å². The first kappa shape index (κ1) is 29.9. The first-order chi connectivity index (χ1) is 20.9. The Kier molecular flexibility index (Phi) is 7.35. The summed E-state index contributed by atoms with van der Waals surface area (Å²) in [6.07, 6.45) is -1.79. The average molecular weight is 609 g/mol. The van der Waals surface area contributed by atoms with Crippen LogP contribution in [-0.2, 0) is 20.7 Å². The zero-order valence-corrected chi connectivity index (χ0v) is 23.9. The third-order valence-corrected chi connectivity index (χ3v) is 8.78. The minimum Gasteiger partial charge on any atom is -0.507 e. The number of carbonyl (C=O) groups excluding carboxylic acids is 3. The fraction of sp³-hybridized carbons (Fsp3) is 0.387. The van der Waals surface area contributed by atoms with Crippen LogP contribution in [0.1, 0.15) is 68.8 Å². The minimum absolute atomic E-state index is 0.00552. The van der Waals surface area contributed by atoms with Crippen LogP contribution in [0.15, 0.2) is 36.7 Å². The van der Waals surface area contributed by atoms with Crippen LogP contribution in [0.2, 0.25) is 0 Å². The van der Waals surface area contributed by atoms with Crippen molar-refractivity contribution < 1.29 is 54.1 Å². The molecular weight excluding hydrogens is 576 g/mol. The number of aliphatic hydroxyl groups is 3. The van der Waals surface area contributed by atoms with E-state index in [1.165, 1.54) is 13.2 Å². The number of ether oxygens (including phenoxy) is 3. The normalized spacial score (nSPS) is 27.8. The van der Waals surface area contributed by atoms with E-state index in [9.17, 15) is 39.9 Å². The molecule has 0 radical (unpaired) electrons. The van der Waals surface area contributed by atoms with Crippen molar-refractivity contribution in [3.05, 3.63) is 70.0 Å². The van der Waals surface area contributed by atoms with E-state index in [1.54, 1.807) is 42.1 Å². The number of hydrogen-bond donors (Lipinski definition) is 6. The molecule has 3 aromatic rings. The average Bonchev–Trinajstić information content (AvgIpc) is 3.54. The number of rotatable bonds is 6. The van der Waals surface area contributed by atoms with Gasteiger partial charge in [-0.3, -0.25) is 14.4 Å². The highest BCUT2D eigenvalue weighted by Gasteiger charge is 2.50. The van der Waals surface area contributed by atoms with Gasteiger partial charge in [-0.05, 0) is 31.2 Å². The van der Waals surface area contributed by atoms with Crippen molar-refractivity contribution in [1.82, 2.24) is 4.57 Å². The number of fused-ring (bicyclic) bond motifs is 3. The monoisotopic (exact) mass is 608 g/mol. The van der Waals surface area contributed by atoms with Crippen molar-refractivity contribution in [2.75, 3.05) is 13.7 Å². The molecule has 13 nitrogen and oxygen atoms in total. The molecule has 0 amide bonds. The van der Waals surface area contributed by atoms with Crippen LogP contribution in [0.3, 0.4) is 0 Å². The molecule has 44 heavy (non-hydrogen) atoms. The highest BCUT2D eigenvalue weighted by molar-refractivity contribution is 6.31. The van der Waals surface area contributed by atoms with Gasteiger partial charge >= 0.3 is 0 Å². The van der Waals surface area contributed by atoms with Crippen LogP contribution >= 0.6 is 0 Å². The predicted molar refractivity (Wildman–Crippen MR) is 151 cm³/mol. The zero-order valence-electron chi connectivity index (χ0n) is 23.9. The number of aliphatic hydroxyl groups excluding tert-OH is 2. The van der Waals surface area contributed by atoms with Gasteiger partial charge in [0.2, 0.25) is 5.78 Å². The van der Waals surface area contributed by atoms with Crippen LogP contribution in [0, 0.1) is 0 Å². The van der Waals surface area contributed by atoms with Gasteiger partial charge < -0.3 is 50.0 Å². The standard InChI is InChI=1S/C31H32N2O11/c1-13-25(36)16(32)9-20(43-13)44-18-11-31(41,19(35)12-34)10-15-21(18)28(39)24-23(27(15)38)26(37)14-5-6-17(33-7-3-4-8-33)30(42-2)22(14)29(24)40/h3-8,13,16,18,20,25,34,36,38-39,41H,9-12,32H2,1-2H3/t13-,16-,18-,20-,25+,31-/m0/s1.